The molecule has 2 unspecified atom stereocenters. The van der Waals surface area contributed by atoms with E-state index in [9.17, 15) is 14.7 Å². The van der Waals surface area contributed by atoms with Gasteiger partial charge in [-0.3, -0.25) is 9.89 Å². The highest BCUT2D eigenvalue weighted by Gasteiger charge is 2.37. The molecule has 0 aliphatic carbocycles. The molecular weight excluding hydrogens is 270 g/mol. The summed E-state index contributed by atoms with van der Waals surface area (Å²) in [5, 5.41) is 17.1. The average Bonchev–Trinajstić information content (AvgIpc) is 2.93. The molecule has 2 heterocycles. The molecule has 1 fully saturated rings. The number of H-pyrrole nitrogens is 1. The van der Waals surface area contributed by atoms with Crippen molar-refractivity contribution >= 4 is 22.8 Å². The number of hydrogen-bond donors (Lipinski definition) is 2. The van der Waals surface area contributed by atoms with E-state index >= 15 is 0 Å². The summed E-state index contributed by atoms with van der Waals surface area (Å²) in [4.78, 5) is 25.6. The molecule has 0 saturated carbocycles. The number of aliphatic carboxylic acids is 1. The Kier molecular flexibility index (Phi) is 3.37. The minimum atomic E-state index is -0.932. The molecule has 1 aromatic carbocycles. The van der Waals surface area contributed by atoms with Crippen molar-refractivity contribution in [2.24, 2.45) is 5.92 Å². The van der Waals surface area contributed by atoms with Crippen molar-refractivity contribution < 1.29 is 14.7 Å². The molecule has 0 radical (unpaired) electrons. The molecule has 2 aromatic rings. The fourth-order valence-corrected chi connectivity index (χ4v) is 3.03. The first-order valence-corrected chi connectivity index (χ1v) is 7.05. The lowest BCUT2D eigenvalue weighted by molar-refractivity contribution is -0.145. The number of piperidine rings is 1. The first-order chi connectivity index (χ1) is 10.1. The molecule has 1 aliphatic rings. The van der Waals surface area contributed by atoms with Crippen LogP contribution in [0, 0.1) is 5.92 Å². The summed E-state index contributed by atoms with van der Waals surface area (Å²) in [7, 11) is 0. The number of carboxylic acids is 1. The van der Waals surface area contributed by atoms with Crippen LogP contribution >= 0.6 is 0 Å². The number of carbonyl (C=O) groups excluding carboxylic acids is 1. The minimum Gasteiger partial charge on any atom is -0.480 e. The van der Waals surface area contributed by atoms with Crippen LogP contribution in [0.25, 0.3) is 10.9 Å². The highest BCUT2D eigenvalue weighted by molar-refractivity contribution is 5.99. The van der Waals surface area contributed by atoms with Gasteiger partial charge in [0.25, 0.3) is 5.91 Å². The van der Waals surface area contributed by atoms with E-state index in [0.29, 0.717) is 12.1 Å². The summed E-state index contributed by atoms with van der Waals surface area (Å²) in [5.41, 5.74) is 1.27. The molecule has 1 aromatic heterocycles. The van der Waals surface area contributed by atoms with Crippen molar-refractivity contribution in [2.75, 3.05) is 6.54 Å². The van der Waals surface area contributed by atoms with Crippen LogP contribution in [-0.4, -0.2) is 44.7 Å². The standard InChI is InChI=1S/C15H17N3O3/c1-9-3-2-6-18(13(9)15(20)21)14(19)10-4-5-11-8-16-17-12(11)7-10/h4-5,7-9,13H,2-3,6H2,1H3,(H,16,17)(H,20,21). The Morgan fingerprint density at radius 3 is 3.00 bits per heavy atom. The first kappa shape index (κ1) is 13.6. The van der Waals surface area contributed by atoms with Gasteiger partial charge in [-0.05, 0) is 30.9 Å². The van der Waals surface area contributed by atoms with Gasteiger partial charge >= 0.3 is 5.97 Å². The number of fused-ring (bicyclic) bond motifs is 1. The van der Waals surface area contributed by atoms with E-state index in [-0.39, 0.29) is 11.8 Å². The van der Waals surface area contributed by atoms with Crippen molar-refractivity contribution in [3.8, 4) is 0 Å². The van der Waals surface area contributed by atoms with Crippen molar-refractivity contribution in [1.82, 2.24) is 15.1 Å². The van der Waals surface area contributed by atoms with Crippen LogP contribution in [-0.2, 0) is 4.79 Å². The van der Waals surface area contributed by atoms with Crippen LogP contribution < -0.4 is 0 Å². The maximum Gasteiger partial charge on any atom is 0.326 e. The predicted molar refractivity (Wildman–Crippen MR) is 77.0 cm³/mol. The Balaban J connectivity index is 1.93. The molecule has 1 saturated heterocycles. The second-order valence-electron chi connectivity index (χ2n) is 5.57. The molecule has 21 heavy (non-hydrogen) atoms. The van der Waals surface area contributed by atoms with Gasteiger partial charge in [-0.15, -0.1) is 0 Å². The highest BCUT2D eigenvalue weighted by Crippen LogP contribution is 2.26. The maximum absolute atomic E-state index is 12.7. The second kappa shape index (κ2) is 5.20. The molecule has 3 rings (SSSR count). The molecule has 0 bridgehead atoms. The van der Waals surface area contributed by atoms with E-state index < -0.39 is 12.0 Å². The van der Waals surface area contributed by atoms with Gasteiger partial charge in [0.05, 0.1) is 11.7 Å². The van der Waals surface area contributed by atoms with Crippen molar-refractivity contribution in [3.05, 3.63) is 30.0 Å². The number of rotatable bonds is 2. The lowest BCUT2D eigenvalue weighted by atomic mass is 9.90. The molecular formula is C15H17N3O3. The summed E-state index contributed by atoms with van der Waals surface area (Å²) < 4.78 is 0. The Bertz CT molecular complexity index is 694. The maximum atomic E-state index is 12.7. The molecule has 1 aliphatic heterocycles. The molecule has 6 nitrogen and oxygen atoms in total. The van der Waals surface area contributed by atoms with Gasteiger partial charge < -0.3 is 10.0 Å². The third-order valence-electron chi connectivity index (χ3n) is 4.14. The third-order valence-corrected chi connectivity index (χ3v) is 4.14. The quantitative estimate of drug-likeness (QED) is 0.883. The number of amides is 1. The van der Waals surface area contributed by atoms with Gasteiger partial charge in [-0.1, -0.05) is 13.0 Å². The average molecular weight is 287 g/mol. The van der Waals surface area contributed by atoms with E-state index in [4.69, 9.17) is 0 Å². The number of hydrogen-bond acceptors (Lipinski definition) is 3. The number of likely N-dealkylation sites (tertiary alicyclic amines) is 1. The summed E-state index contributed by atoms with van der Waals surface area (Å²) >= 11 is 0. The lowest BCUT2D eigenvalue weighted by Crippen LogP contribution is -2.51. The zero-order valence-electron chi connectivity index (χ0n) is 11.7. The topological polar surface area (TPSA) is 86.3 Å². The number of carboxylic acid groups (broad SMARTS) is 1. The van der Waals surface area contributed by atoms with Crippen molar-refractivity contribution in [1.29, 1.82) is 0 Å². The molecule has 0 spiro atoms. The molecule has 110 valence electrons. The summed E-state index contributed by atoms with van der Waals surface area (Å²) in [6.07, 6.45) is 3.36. The molecule has 1 amide bonds. The molecule has 6 heteroatoms. The Morgan fingerprint density at radius 1 is 1.43 bits per heavy atom. The van der Waals surface area contributed by atoms with Gasteiger partial charge in [-0.25, -0.2) is 4.79 Å². The SMILES string of the molecule is CC1CCCN(C(=O)c2ccc3cn[nH]c3c2)C1C(=O)O. The second-order valence-corrected chi connectivity index (χ2v) is 5.57. The zero-order valence-corrected chi connectivity index (χ0v) is 11.7. The lowest BCUT2D eigenvalue weighted by Gasteiger charge is -2.37. The van der Waals surface area contributed by atoms with Crippen LogP contribution in [0.2, 0.25) is 0 Å². The molecule has 2 N–H and O–H groups in total. The smallest absolute Gasteiger partial charge is 0.326 e. The van der Waals surface area contributed by atoms with Crippen LogP contribution in [0.1, 0.15) is 30.1 Å². The van der Waals surface area contributed by atoms with Crippen LogP contribution in [0.3, 0.4) is 0 Å². The van der Waals surface area contributed by atoms with Gasteiger partial charge in [-0.2, -0.15) is 5.10 Å². The number of aromatic nitrogens is 2. The van der Waals surface area contributed by atoms with E-state index in [1.807, 2.05) is 13.0 Å². The third kappa shape index (κ3) is 2.37. The number of nitrogens with zero attached hydrogens (tertiary/aromatic N) is 2. The van der Waals surface area contributed by atoms with Crippen molar-refractivity contribution in [3.63, 3.8) is 0 Å². The van der Waals surface area contributed by atoms with Gasteiger partial charge in [0.1, 0.15) is 6.04 Å². The fraction of sp³-hybridized carbons (Fsp3) is 0.400. The summed E-state index contributed by atoms with van der Waals surface area (Å²) in [6, 6.07) is 4.51. The fourth-order valence-electron chi connectivity index (χ4n) is 3.03. The van der Waals surface area contributed by atoms with E-state index in [2.05, 4.69) is 10.2 Å². The number of benzene rings is 1. The number of carbonyl (C=O) groups is 2. The van der Waals surface area contributed by atoms with Gasteiger partial charge in [0.2, 0.25) is 0 Å². The molecule has 2 atom stereocenters. The normalized spacial score (nSPS) is 22.4. The van der Waals surface area contributed by atoms with Crippen molar-refractivity contribution in [2.45, 2.75) is 25.8 Å². The summed E-state index contributed by atoms with van der Waals surface area (Å²) in [5.74, 6) is -1.19. The van der Waals surface area contributed by atoms with Crippen LogP contribution in [0.4, 0.5) is 0 Å². The monoisotopic (exact) mass is 287 g/mol. The largest absolute Gasteiger partial charge is 0.480 e. The van der Waals surface area contributed by atoms with E-state index in [0.717, 1.165) is 23.7 Å². The number of nitrogens with one attached hydrogen (secondary N) is 1. The highest BCUT2D eigenvalue weighted by atomic mass is 16.4. The van der Waals surface area contributed by atoms with Gasteiger partial charge in [0, 0.05) is 17.5 Å². The van der Waals surface area contributed by atoms with E-state index in [1.165, 1.54) is 4.90 Å². The van der Waals surface area contributed by atoms with Crippen LogP contribution in [0.15, 0.2) is 24.4 Å². The number of aromatic amines is 1. The van der Waals surface area contributed by atoms with E-state index in [1.54, 1.807) is 18.3 Å². The van der Waals surface area contributed by atoms with Crippen LogP contribution in [0.5, 0.6) is 0 Å². The summed E-state index contributed by atoms with van der Waals surface area (Å²) in [6.45, 7) is 2.37. The Hall–Kier alpha value is -2.37. The first-order valence-electron chi connectivity index (χ1n) is 7.05. The predicted octanol–water partition coefficient (Wildman–Crippen LogP) is 1.89. The van der Waals surface area contributed by atoms with Gasteiger partial charge in [0.15, 0.2) is 0 Å². The Morgan fingerprint density at radius 2 is 2.24 bits per heavy atom. The minimum absolute atomic E-state index is 0.0314. The Labute approximate surface area is 121 Å². The zero-order chi connectivity index (χ0) is 15.0.